The van der Waals surface area contributed by atoms with E-state index in [0.717, 1.165) is 0 Å². The van der Waals surface area contributed by atoms with Crippen molar-refractivity contribution in [1.29, 1.82) is 0 Å². The molecule has 3 aromatic rings. The Morgan fingerprint density at radius 2 is 0.900 bits per heavy atom. The van der Waals surface area contributed by atoms with Crippen molar-refractivity contribution >= 4 is 23.6 Å². The lowest BCUT2D eigenvalue weighted by Gasteiger charge is -2.48. The third-order valence-corrected chi connectivity index (χ3v) is 15.5. The van der Waals surface area contributed by atoms with Gasteiger partial charge in [0.25, 0.3) is 0 Å². The maximum Gasteiger partial charge on any atom is 0.161 e. The van der Waals surface area contributed by atoms with Gasteiger partial charge in [-0.05, 0) is 87.8 Å². The molecule has 0 saturated carbocycles. The van der Waals surface area contributed by atoms with Crippen molar-refractivity contribution < 1.29 is 0 Å². The Kier molecular flexibility index (Phi) is 8.58. The van der Waals surface area contributed by atoms with Gasteiger partial charge in [0.2, 0.25) is 0 Å². The number of hydrogen-bond donors (Lipinski definition) is 0. The minimum atomic E-state index is -2.70. The Hall–Kier alpha value is -2.64. The lowest BCUT2D eigenvalue weighted by molar-refractivity contribution is 0.830. The van der Waals surface area contributed by atoms with Gasteiger partial charge in [0.05, 0.1) is 0 Å². The molecule has 0 aliphatic heterocycles. The molecule has 0 heterocycles. The summed E-state index contributed by atoms with van der Waals surface area (Å²) >= 11 is 0. The second-order valence-electron chi connectivity index (χ2n) is 13.8. The van der Waals surface area contributed by atoms with Crippen LogP contribution in [0.25, 0.3) is 0 Å². The van der Waals surface area contributed by atoms with Crippen molar-refractivity contribution in [3.63, 3.8) is 0 Å². The van der Waals surface area contributed by atoms with Crippen LogP contribution in [0, 0.1) is 0 Å². The molecule has 1 heteroatoms. The average Bonchev–Trinajstić information content (AvgIpc) is 3.12. The van der Waals surface area contributed by atoms with Gasteiger partial charge in [0.15, 0.2) is 8.07 Å². The molecule has 1 unspecified atom stereocenters. The summed E-state index contributed by atoms with van der Waals surface area (Å²) in [6.07, 6.45) is 2.64. The van der Waals surface area contributed by atoms with Crippen LogP contribution in [0.3, 0.4) is 0 Å². The van der Waals surface area contributed by atoms with Crippen LogP contribution in [0.15, 0.2) is 89.5 Å². The van der Waals surface area contributed by atoms with Crippen LogP contribution in [0.2, 0.25) is 5.04 Å². The van der Waals surface area contributed by atoms with Crippen LogP contribution in [0.5, 0.6) is 0 Å². The van der Waals surface area contributed by atoms with Crippen LogP contribution in [-0.4, -0.2) is 8.07 Å². The summed E-state index contributed by atoms with van der Waals surface area (Å²) in [5, 5.41) is 4.49. The third-order valence-electron chi connectivity index (χ3n) is 9.91. The van der Waals surface area contributed by atoms with E-state index < -0.39 is 8.07 Å². The lowest BCUT2D eigenvalue weighted by Crippen LogP contribution is -2.73. The van der Waals surface area contributed by atoms with Gasteiger partial charge >= 0.3 is 0 Å². The topological polar surface area (TPSA) is 0 Å². The van der Waals surface area contributed by atoms with Gasteiger partial charge in [-0.1, -0.05) is 146 Å². The molecule has 3 aromatic carbocycles. The molecular formula is C39H52Si. The number of allylic oxidation sites excluding steroid dienone is 4. The molecule has 0 fully saturated rings. The Morgan fingerprint density at radius 1 is 0.525 bits per heavy atom. The summed E-state index contributed by atoms with van der Waals surface area (Å²) in [5.41, 5.74) is 10.3. The van der Waals surface area contributed by atoms with Crippen LogP contribution in [-0.2, 0) is 0 Å². The second-order valence-corrected chi connectivity index (χ2v) is 18.1. The molecule has 4 rings (SSSR count). The van der Waals surface area contributed by atoms with Gasteiger partial charge in [-0.2, -0.15) is 0 Å². The van der Waals surface area contributed by atoms with E-state index in [0.29, 0.717) is 23.7 Å². The smallest absolute Gasteiger partial charge is 0.0730 e. The minimum absolute atomic E-state index is 0.101. The van der Waals surface area contributed by atoms with Crippen molar-refractivity contribution in [2.75, 3.05) is 0 Å². The van der Waals surface area contributed by atoms with Crippen molar-refractivity contribution in [1.82, 2.24) is 0 Å². The molecule has 1 aliphatic rings. The standard InChI is InChI=1S/C39H52Si/c1-25(2)32-18-33(26(3)4)21-37(20-32)40(36-16-14-13-15-17-36,39(12)24-29(9)30(10)31(39)11)38-22-34(27(5)6)19-35(23-38)28(7)8/h13-28H,1-12H3. The predicted octanol–water partition coefficient (Wildman–Crippen LogP) is 9.71. The first-order valence-electron chi connectivity index (χ1n) is 15.5. The maximum atomic E-state index is 2.64. The molecule has 0 amide bonds. The largest absolute Gasteiger partial charge is 0.161 e. The number of benzene rings is 3. The first-order chi connectivity index (χ1) is 18.7. The zero-order chi connectivity index (χ0) is 29.6. The second kappa shape index (κ2) is 11.3. The molecule has 0 radical (unpaired) electrons. The molecule has 0 nitrogen and oxygen atoms in total. The van der Waals surface area contributed by atoms with Crippen LogP contribution in [0.1, 0.15) is 129 Å². The normalized spacial score (nSPS) is 18.1. The maximum absolute atomic E-state index is 2.70. The van der Waals surface area contributed by atoms with E-state index in [1.165, 1.54) is 44.2 Å². The quantitative estimate of drug-likeness (QED) is 0.194. The molecule has 40 heavy (non-hydrogen) atoms. The molecular weight excluding hydrogens is 497 g/mol. The first kappa shape index (κ1) is 30.3. The van der Waals surface area contributed by atoms with Gasteiger partial charge in [0.1, 0.15) is 0 Å². The zero-order valence-electron chi connectivity index (χ0n) is 27.2. The molecule has 0 aromatic heterocycles. The van der Waals surface area contributed by atoms with Gasteiger partial charge in [-0.15, -0.1) is 0 Å². The van der Waals surface area contributed by atoms with Crippen molar-refractivity contribution in [2.24, 2.45) is 0 Å². The monoisotopic (exact) mass is 548 g/mol. The molecule has 1 aliphatic carbocycles. The summed E-state index contributed by atoms with van der Waals surface area (Å²) in [6.45, 7) is 28.4. The molecule has 0 spiro atoms. The molecule has 212 valence electrons. The van der Waals surface area contributed by atoms with E-state index in [1.807, 2.05) is 0 Å². The van der Waals surface area contributed by atoms with E-state index in [1.54, 1.807) is 10.4 Å². The van der Waals surface area contributed by atoms with Crippen LogP contribution in [0.4, 0.5) is 0 Å². The summed E-state index contributed by atoms with van der Waals surface area (Å²) < 4.78 is 0. The fourth-order valence-electron chi connectivity index (χ4n) is 6.93. The van der Waals surface area contributed by atoms with E-state index in [2.05, 4.69) is 156 Å². The van der Waals surface area contributed by atoms with E-state index >= 15 is 0 Å². The molecule has 0 bridgehead atoms. The van der Waals surface area contributed by atoms with Crippen LogP contribution < -0.4 is 15.6 Å². The number of rotatable bonds is 8. The van der Waals surface area contributed by atoms with E-state index in [-0.39, 0.29) is 5.04 Å². The Balaban J connectivity index is 2.32. The summed E-state index contributed by atoms with van der Waals surface area (Å²) in [6, 6.07) is 26.9. The molecule has 0 N–H and O–H groups in total. The van der Waals surface area contributed by atoms with Crippen LogP contribution >= 0.6 is 0 Å². The first-order valence-corrected chi connectivity index (χ1v) is 17.5. The van der Waals surface area contributed by atoms with Gasteiger partial charge in [-0.3, -0.25) is 0 Å². The fraction of sp³-hybridized carbons (Fsp3) is 0.436. The van der Waals surface area contributed by atoms with Gasteiger partial charge in [-0.25, -0.2) is 0 Å². The van der Waals surface area contributed by atoms with Gasteiger partial charge in [0, 0.05) is 5.04 Å². The van der Waals surface area contributed by atoms with Gasteiger partial charge < -0.3 is 0 Å². The molecule has 0 saturated heterocycles. The molecule has 1 atom stereocenters. The lowest BCUT2D eigenvalue weighted by atomic mass is 9.95. The van der Waals surface area contributed by atoms with Crippen molar-refractivity contribution in [3.05, 3.63) is 112 Å². The highest BCUT2D eigenvalue weighted by molar-refractivity contribution is 7.14. The summed E-state index contributed by atoms with van der Waals surface area (Å²) in [4.78, 5) is 0. The Bertz CT molecular complexity index is 1310. The van der Waals surface area contributed by atoms with Crippen molar-refractivity contribution in [3.8, 4) is 0 Å². The highest BCUT2D eigenvalue weighted by atomic mass is 28.3. The zero-order valence-corrected chi connectivity index (χ0v) is 28.2. The fourth-order valence-corrected chi connectivity index (χ4v) is 13.1. The van der Waals surface area contributed by atoms with E-state index in [9.17, 15) is 0 Å². The van der Waals surface area contributed by atoms with E-state index in [4.69, 9.17) is 0 Å². The third kappa shape index (κ3) is 5.00. The summed E-state index contributed by atoms with van der Waals surface area (Å²) in [5.74, 6) is 1.89. The minimum Gasteiger partial charge on any atom is -0.0730 e. The Labute approximate surface area is 246 Å². The summed E-state index contributed by atoms with van der Waals surface area (Å²) in [7, 11) is -2.70. The highest BCUT2D eigenvalue weighted by Crippen LogP contribution is 2.53. The number of hydrogen-bond acceptors (Lipinski definition) is 0. The predicted molar refractivity (Wildman–Crippen MR) is 181 cm³/mol. The van der Waals surface area contributed by atoms with Crippen molar-refractivity contribution in [2.45, 2.75) is 112 Å². The SMILES string of the molecule is CC1=CC(C)([Si](c2ccccc2)(c2cc(C(C)C)cc(C(C)C)c2)c2cc(C(C)C)cc(C(C)C)c2)C(C)=C1C. The average molecular weight is 549 g/mol. The Morgan fingerprint density at radius 3 is 1.20 bits per heavy atom. The highest BCUT2D eigenvalue weighted by Gasteiger charge is 2.56.